The van der Waals surface area contributed by atoms with Crippen LogP contribution in [0.15, 0.2) is 45.8 Å². The first-order chi connectivity index (χ1) is 12.8. The maximum atomic E-state index is 12.9. The predicted molar refractivity (Wildman–Crippen MR) is 108 cm³/mol. The number of amides is 1. The first kappa shape index (κ1) is 20.6. The molecule has 0 atom stereocenters. The number of ether oxygens (including phenoxy) is 1. The number of nitrogens with zero attached hydrogens (tertiary/aromatic N) is 1. The molecule has 144 valence electrons. The lowest BCUT2D eigenvalue weighted by atomic mass is 10.2. The van der Waals surface area contributed by atoms with E-state index in [0.29, 0.717) is 23.4 Å². The Kier molecular flexibility index (Phi) is 6.45. The fourth-order valence-corrected chi connectivity index (χ4v) is 5.05. The van der Waals surface area contributed by atoms with Gasteiger partial charge in [-0.1, -0.05) is 39.1 Å². The van der Waals surface area contributed by atoms with Crippen LogP contribution in [-0.4, -0.2) is 44.9 Å². The zero-order valence-corrected chi connectivity index (χ0v) is 17.8. The van der Waals surface area contributed by atoms with Gasteiger partial charge >= 0.3 is 0 Å². The van der Waals surface area contributed by atoms with Crippen molar-refractivity contribution < 1.29 is 17.9 Å². The largest absolute Gasteiger partial charge is 0.379 e. The van der Waals surface area contributed by atoms with Gasteiger partial charge in [-0.05, 0) is 36.4 Å². The molecule has 1 N–H and O–H groups in total. The van der Waals surface area contributed by atoms with Crippen LogP contribution in [0.25, 0.3) is 0 Å². The summed E-state index contributed by atoms with van der Waals surface area (Å²) in [6.45, 7) is 1.16. The summed E-state index contributed by atoms with van der Waals surface area (Å²) in [6.07, 6.45) is 0. The molecule has 0 radical (unpaired) electrons. The molecule has 1 aliphatic heterocycles. The molecule has 3 rings (SSSR count). The van der Waals surface area contributed by atoms with Crippen LogP contribution in [0.1, 0.15) is 10.4 Å². The highest BCUT2D eigenvalue weighted by Crippen LogP contribution is 2.29. The van der Waals surface area contributed by atoms with E-state index in [1.807, 2.05) is 0 Å². The Hall–Kier alpha value is -1.16. The van der Waals surface area contributed by atoms with E-state index in [9.17, 15) is 13.2 Å². The van der Waals surface area contributed by atoms with Crippen molar-refractivity contribution in [1.29, 1.82) is 0 Å². The Bertz CT molecular complexity index is 979. The highest BCUT2D eigenvalue weighted by atomic mass is 79.9. The lowest BCUT2D eigenvalue weighted by molar-refractivity contribution is 0.0730. The number of anilines is 1. The smallest absolute Gasteiger partial charge is 0.257 e. The Morgan fingerprint density at radius 1 is 1.07 bits per heavy atom. The van der Waals surface area contributed by atoms with E-state index in [1.165, 1.54) is 22.5 Å². The number of rotatable bonds is 4. The van der Waals surface area contributed by atoms with Crippen molar-refractivity contribution in [1.82, 2.24) is 4.31 Å². The fraction of sp³-hybridized carbons (Fsp3) is 0.235. The molecule has 1 saturated heterocycles. The number of hydrogen-bond donors (Lipinski definition) is 1. The molecule has 10 heteroatoms. The minimum absolute atomic E-state index is 0.0656. The minimum Gasteiger partial charge on any atom is -0.379 e. The molecule has 27 heavy (non-hydrogen) atoms. The number of carbonyl (C=O) groups is 1. The molecule has 0 unspecified atom stereocenters. The van der Waals surface area contributed by atoms with Crippen LogP contribution in [0.4, 0.5) is 5.69 Å². The van der Waals surface area contributed by atoms with Gasteiger partial charge in [-0.15, -0.1) is 0 Å². The monoisotopic (exact) mass is 492 g/mol. The van der Waals surface area contributed by atoms with Crippen LogP contribution >= 0.6 is 39.1 Å². The summed E-state index contributed by atoms with van der Waals surface area (Å²) in [7, 11) is -3.79. The lowest BCUT2D eigenvalue weighted by Crippen LogP contribution is -2.40. The van der Waals surface area contributed by atoms with Gasteiger partial charge in [0.1, 0.15) is 4.90 Å². The van der Waals surface area contributed by atoms with E-state index in [2.05, 4.69) is 21.2 Å². The van der Waals surface area contributed by atoms with Gasteiger partial charge in [0, 0.05) is 23.2 Å². The minimum atomic E-state index is -3.79. The van der Waals surface area contributed by atoms with Crippen LogP contribution in [0.3, 0.4) is 0 Å². The molecule has 2 aromatic rings. The number of sulfonamides is 1. The number of morpholine rings is 1. The van der Waals surface area contributed by atoms with Crippen molar-refractivity contribution in [3.8, 4) is 0 Å². The summed E-state index contributed by atoms with van der Waals surface area (Å²) in [4.78, 5) is 12.4. The fourth-order valence-electron chi connectivity index (χ4n) is 2.57. The van der Waals surface area contributed by atoms with Gasteiger partial charge in [-0.2, -0.15) is 4.31 Å². The third-order valence-corrected chi connectivity index (χ3v) is 7.15. The van der Waals surface area contributed by atoms with E-state index < -0.39 is 15.9 Å². The Balaban J connectivity index is 1.89. The maximum absolute atomic E-state index is 12.9. The summed E-state index contributed by atoms with van der Waals surface area (Å²) < 4.78 is 32.9. The summed E-state index contributed by atoms with van der Waals surface area (Å²) in [6, 6.07) is 9.21. The Morgan fingerprint density at radius 2 is 1.74 bits per heavy atom. The van der Waals surface area contributed by atoms with E-state index in [4.69, 9.17) is 27.9 Å². The van der Waals surface area contributed by atoms with Gasteiger partial charge in [0.25, 0.3) is 5.91 Å². The van der Waals surface area contributed by atoms with Gasteiger partial charge in [-0.25, -0.2) is 8.42 Å². The van der Waals surface area contributed by atoms with Crippen molar-refractivity contribution in [3.63, 3.8) is 0 Å². The SMILES string of the molecule is O=C(Nc1ccc(Cl)c(S(=O)(=O)N2CCOCC2)c1)c1cc(Br)ccc1Cl. The topological polar surface area (TPSA) is 75.7 Å². The van der Waals surface area contributed by atoms with Crippen molar-refractivity contribution in [2.75, 3.05) is 31.6 Å². The van der Waals surface area contributed by atoms with Crippen LogP contribution in [0.5, 0.6) is 0 Å². The average Bonchev–Trinajstić information content (AvgIpc) is 2.65. The second-order valence-corrected chi connectivity index (χ2v) is 9.38. The van der Waals surface area contributed by atoms with Crippen molar-refractivity contribution in [2.45, 2.75) is 4.90 Å². The first-order valence-electron chi connectivity index (χ1n) is 7.93. The van der Waals surface area contributed by atoms with Crippen LogP contribution in [0, 0.1) is 0 Å². The molecule has 0 aliphatic carbocycles. The number of carbonyl (C=O) groups excluding carboxylic acids is 1. The number of hydrogen-bond acceptors (Lipinski definition) is 4. The van der Waals surface area contributed by atoms with Crippen molar-refractivity contribution >= 4 is 60.7 Å². The van der Waals surface area contributed by atoms with Gasteiger partial charge < -0.3 is 10.1 Å². The molecular formula is C17H15BrCl2N2O4S. The highest BCUT2D eigenvalue weighted by Gasteiger charge is 2.28. The summed E-state index contributed by atoms with van der Waals surface area (Å²) in [5, 5.41) is 3.02. The molecule has 0 saturated carbocycles. The molecule has 1 aliphatic rings. The summed E-state index contributed by atoms with van der Waals surface area (Å²) >= 11 is 15.5. The molecule has 0 bridgehead atoms. The predicted octanol–water partition coefficient (Wildman–Crippen LogP) is 4.03. The van der Waals surface area contributed by atoms with E-state index in [-0.39, 0.29) is 33.6 Å². The van der Waals surface area contributed by atoms with Crippen LogP contribution < -0.4 is 5.32 Å². The standard InChI is InChI=1S/C17H15BrCl2N2O4S/c18-11-1-3-14(19)13(9-11)17(23)21-12-2-4-15(20)16(10-12)27(24,25)22-5-7-26-8-6-22/h1-4,9-10H,5-8H2,(H,21,23). The van der Waals surface area contributed by atoms with Crippen molar-refractivity contribution in [3.05, 3.63) is 56.5 Å². The Labute approximate surface area is 175 Å². The number of benzene rings is 2. The maximum Gasteiger partial charge on any atom is 0.257 e. The molecule has 2 aromatic carbocycles. The molecular weight excluding hydrogens is 479 g/mol. The van der Waals surface area contributed by atoms with Crippen molar-refractivity contribution in [2.24, 2.45) is 0 Å². The third-order valence-electron chi connectivity index (χ3n) is 3.95. The quantitative estimate of drug-likeness (QED) is 0.697. The number of halogens is 3. The van der Waals surface area contributed by atoms with Gasteiger partial charge in [0.2, 0.25) is 10.0 Å². The molecule has 0 spiro atoms. The zero-order chi connectivity index (χ0) is 19.6. The molecule has 6 nitrogen and oxygen atoms in total. The second kappa shape index (κ2) is 8.46. The molecule has 1 heterocycles. The first-order valence-corrected chi connectivity index (χ1v) is 10.9. The molecule has 0 aromatic heterocycles. The van der Waals surface area contributed by atoms with Crippen LogP contribution in [-0.2, 0) is 14.8 Å². The molecule has 1 fully saturated rings. The molecule has 1 amide bonds. The van der Waals surface area contributed by atoms with Gasteiger partial charge in [0.15, 0.2) is 0 Å². The summed E-state index contributed by atoms with van der Waals surface area (Å²) in [5.74, 6) is -0.460. The van der Waals surface area contributed by atoms with E-state index in [0.717, 1.165) is 0 Å². The average molecular weight is 494 g/mol. The van der Waals surface area contributed by atoms with E-state index in [1.54, 1.807) is 18.2 Å². The van der Waals surface area contributed by atoms with E-state index >= 15 is 0 Å². The van der Waals surface area contributed by atoms with Gasteiger partial charge in [-0.3, -0.25) is 4.79 Å². The Morgan fingerprint density at radius 3 is 2.44 bits per heavy atom. The third kappa shape index (κ3) is 4.64. The normalized spacial score (nSPS) is 15.5. The van der Waals surface area contributed by atoms with Gasteiger partial charge in [0.05, 0.1) is 28.8 Å². The second-order valence-electron chi connectivity index (χ2n) is 5.74. The van der Waals surface area contributed by atoms with Crippen LogP contribution in [0.2, 0.25) is 10.0 Å². The zero-order valence-electron chi connectivity index (χ0n) is 13.9. The number of nitrogens with one attached hydrogen (secondary N) is 1. The summed E-state index contributed by atoms with van der Waals surface area (Å²) in [5.41, 5.74) is 0.561. The highest BCUT2D eigenvalue weighted by molar-refractivity contribution is 9.10. The lowest BCUT2D eigenvalue weighted by Gasteiger charge is -2.26.